The first-order valence-electron chi connectivity index (χ1n) is 7.10. The molecular formula is C13H23N3O3S. The van der Waals surface area contributed by atoms with Crippen LogP contribution in [0.25, 0.3) is 0 Å². The molecule has 1 aliphatic rings. The van der Waals surface area contributed by atoms with Gasteiger partial charge in [-0.15, -0.1) is 4.83 Å². The molecule has 7 heteroatoms. The van der Waals surface area contributed by atoms with Gasteiger partial charge in [0.25, 0.3) is 10.0 Å². The van der Waals surface area contributed by atoms with Crippen LogP contribution in [0.3, 0.4) is 0 Å². The smallest absolute Gasteiger partial charge is 0.256 e. The molecule has 6 nitrogen and oxygen atoms in total. The number of piperidine rings is 1. The molecule has 0 aliphatic carbocycles. The van der Waals surface area contributed by atoms with Crippen LogP contribution in [0, 0.1) is 6.92 Å². The Bertz CT molecular complexity index is 533. The average molecular weight is 301 g/mol. The standard InChI is InChI=1S/C13H23N3O3S/c1-3-14-10-12-9-13(11(2)19-12)20(17,18)15-16-7-5-4-6-8-16/h9,14-15H,3-8,10H2,1-2H3. The highest BCUT2D eigenvalue weighted by Crippen LogP contribution is 2.20. The Morgan fingerprint density at radius 3 is 2.65 bits per heavy atom. The van der Waals surface area contributed by atoms with Gasteiger partial charge in [-0.05, 0) is 26.3 Å². The molecule has 1 saturated heterocycles. The molecule has 0 radical (unpaired) electrons. The van der Waals surface area contributed by atoms with Crippen molar-refractivity contribution in [3.63, 3.8) is 0 Å². The van der Waals surface area contributed by atoms with Crippen molar-refractivity contribution in [3.8, 4) is 0 Å². The van der Waals surface area contributed by atoms with E-state index >= 15 is 0 Å². The minimum atomic E-state index is -3.54. The molecule has 2 heterocycles. The predicted octanol–water partition coefficient (Wildman–Crippen LogP) is 1.38. The van der Waals surface area contributed by atoms with Crippen LogP contribution in [0.1, 0.15) is 37.7 Å². The third kappa shape index (κ3) is 3.82. The number of hydrogen-bond acceptors (Lipinski definition) is 5. The average Bonchev–Trinajstić information content (AvgIpc) is 2.79. The van der Waals surface area contributed by atoms with E-state index in [2.05, 4.69) is 10.1 Å². The minimum absolute atomic E-state index is 0.232. The SMILES string of the molecule is CCNCc1cc(S(=O)(=O)NN2CCCCC2)c(C)o1. The quantitative estimate of drug-likeness (QED) is 0.830. The molecule has 0 unspecified atom stereocenters. The lowest BCUT2D eigenvalue weighted by molar-refractivity contribution is 0.200. The number of sulfonamides is 1. The Morgan fingerprint density at radius 2 is 2.00 bits per heavy atom. The lowest BCUT2D eigenvalue weighted by atomic mass is 10.2. The van der Waals surface area contributed by atoms with Gasteiger partial charge in [0.15, 0.2) is 0 Å². The fourth-order valence-electron chi connectivity index (χ4n) is 2.33. The van der Waals surface area contributed by atoms with E-state index in [9.17, 15) is 8.42 Å². The van der Waals surface area contributed by atoms with Crippen molar-refractivity contribution >= 4 is 10.0 Å². The van der Waals surface area contributed by atoms with Gasteiger partial charge in [0.1, 0.15) is 16.4 Å². The normalized spacial score (nSPS) is 17.5. The second-order valence-corrected chi connectivity index (χ2v) is 6.69. The van der Waals surface area contributed by atoms with Gasteiger partial charge in [0.05, 0.1) is 6.54 Å². The van der Waals surface area contributed by atoms with Crippen LogP contribution < -0.4 is 10.1 Å². The summed E-state index contributed by atoms with van der Waals surface area (Å²) in [6, 6.07) is 1.60. The zero-order chi connectivity index (χ0) is 14.6. The van der Waals surface area contributed by atoms with E-state index < -0.39 is 10.0 Å². The highest BCUT2D eigenvalue weighted by molar-refractivity contribution is 7.89. The topological polar surface area (TPSA) is 74.6 Å². The van der Waals surface area contributed by atoms with Gasteiger partial charge in [-0.1, -0.05) is 13.3 Å². The van der Waals surface area contributed by atoms with Crippen LogP contribution in [0.15, 0.2) is 15.4 Å². The molecule has 114 valence electrons. The molecule has 0 spiro atoms. The third-order valence-electron chi connectivity index (χ3n) is 3.37. The Balaban J connectivity index is 2.09. The van der Waals surface area contributed by atoms with E-state index in [-0.39, 0.29) is 4.90 Å². The zero-order valence-corrected chi connectivity index (χ0v) is 12.9. The Kier molecular flexibility index (Phi) is 5.20. The van der Waals surface area contributed by atoms with E-state index in [1.807, 2.05) is 6.92 Å². The maximum atomic E-state index is 12.4. The predicted molar refractivity (Wildman–Crippen MR) is 76.6 cm³/mol. The summed E-state index contributed by atoms with van der Waals surface area (Å²) in [7, 11) is -3.54. The largest absolute Gasteiger partial charge is 0.464 e. The van der Waals surface area contributed by atoms with Crippen molar-refractivity contribution in [3.05, 3.63) is 17.6 Å². The van der Waals surface area contributed by atoms with Crippen molar-refractivity contribution < 1.29 is 12.8 Å². The van der Waals surface area contributed by atoms with Crippen molar-refractivity contribution in [2.45, 2.75) is 44.6 Å². The lowest BCUT2D eigenvalue weighted by Crippen LogP contribution is -2.44. The second kappa shape index (κ2) is 6.71. The molecule has 1 aromatic heterocycles. The van der Waals surface area contributed by atoms with Crippen molar-refractivity contribution in [1.29, 1.82) is 0 Å². The van der Waals surface area contributed by atoms with Gasteiger partial charge >= 0.3 is 0 Å². The van der Waals surface area contributed by atoms with Crippen LogP contribution in [-0.4, -0.2) is 33.1 Å². The van der Waals surface area contributed by atoms with E-state index in [0.717, 1.165) is 38.9 Å². The zero-order valence-electron chi connectivity index (χ0n) is 12.1. The first-order chi connectivity index (χ1) is 9.53. The van der Waals surface area contributed by atoms with E-state index in [4.69, 9.17) is 4.42 Å². The molecule has 0 saturated carbocycles. The van der Waals surface area contributed by atoms with Crippen molar-refractivity contribution in [2.75, 3.05) is 19.6 Å². The Hall–Kier alpha value is -0.890. The molecular weight excluding hydrogens is 278 g/mol. The molecule has 0 atom stereocenters. The molecule has 0 amide bonds. The molecule has 2 N–H and O–H groups in total. The highest BCUT2D eigenvalue weighted by Gasteiger charge is 2.24. The van der Waals surface area contributed by atoms with Crippen LogP contribution >= 0.6 is 0 Å². The van der Waals surface area contributed by atoms with Gasteiger partial charge < -0.3 is 9.73 Å². The monoisotopic (exact) mass is 301 g/mol. The summed E-state index contributed by atoms with van der Waals surface area (Å²) in [5.74, 6) is 1.07. The number of hydrogen-bond donors (Lipinski definition) is 2. The van der Waals surface area contributed by atoms with Crippen molar-refractivity contribution in [2.24, 2.45) is 0 Å². The van der Waals surface area contributed by atoms with Gasteiger partial charge in [0, 0.05) is 19.2 Å². The molecule has 2 rings (SSSR count). The first-order valence-corrected chi connectivity index (χ1v) is 8.58. The maximum absolute atomic E-state index is 12.4. The minimum Gasteiger partial charge on any atom is -0.464 e. The summed E-state index contributed by atoms with van der Waals surface area (Å²) in [5, 5.41) is 4.89. The van der Waals surface area contributed by atoms with Gasteiger partial charge in [-0.3, -0.25) is 0 Å². The van der Waals surface area contributed by atoms with Crippen LogP contribution in [0.5, 0.6) is 0 Å². The Morgan fingerprint density at radius 1 is 1.30 bits per heavy atom. The summed E-state index contributed by atoms with van der Waals surface area (Å²) in [6.07, 6.45) is 3.22. The molecule has 20 heavy (non-hydrogen) atoms. The van der Waals surface area contributed by atoms with Gasteiger partial charge in [0.2, 0.25) is 0 Å². The number of hydrazine groups is 1. The number of furan rings is 1. The van der Waals surface area contributed by atoms with Crippen LogP contribution in [0.4, 0.5) is 0 Å². The Labute approximate surface area is 120 Å². The lowest BCUT2D eigenvalue weighted by Gasteiger charge is -2.26. The summed E-state index contributed by atoms with van der Waals surface area (Å²) in [6.45, 7) is 6.55. The van der Waals surface area contributed by atoms with Crippen molar-refractivity contribution in [1.82, 2.24) is 15.2 Å². The molecule has 0 bridgehead atoms. The summed E-state index contributed by atoms with van der Waals surface area (Å²) in [5.41, 5.74) is 0. The molecule has 0 aromatic carbocycles. The van der Waals surface area contributed by atoms with E-state index in [1.54, 1.807) is 18.0 Å². The number of rotatable bonds is 6. The highest BCUT2D eigenvalue weighted by atomic mass is 32.2. The number of nitrogens with one attached hydrogen (secondary N) is 2. The van der Waals surface area contributed by atoms with Gasteiger partial charge in [-0.2, -0.15) is 0 Å². The second-order valence-electron chi connectivity index (χ2n) is 5.06. The van der Waals surface area contributed by atoms with E-state index in [0.29, 0.717) is 18.1 Å². The molecule has 1 aromatic rings. The van der Waals surface area contributed by atoms with Gasteiger partial charge in [-0.25, -0.2) is 13.4 Å². The number of aryl methyl sites for hydroxylation is 1. The fourth-order valence-corrected chi connectivity index (χ4v) is 3.66. The third-order valence-corrected chi connectivity index (χ3v) is 4.85. The summed E-state index contributed by atoms with van der Waals surface area (Å²) in [4.78, 5) is 2.88. The summed E-state index contributed by atoms with van der Waals surface area (Å²) >= 11 is 0. The number of nitrogens with zero attached hydrogens (tertiary/aromatic N) is 1. The van der Waals surface area contributed by atoms with E-state index in [1.165, 1.54) is 0 Å². The molecule has 1 aliphatic heterocycles. The summed E-state index contributed by atoms with van der Waals surface area (Å²) < 4.78 is 30.2. The first kappa shape index (κ1) is 15.5. The van der Waals surface area contributed by atoms with Crippen LogP contribution in [-0.2, 0) is 16.6 Å². The van der Waals surface area contributed by atoms with Crippen LogP contribution in [0.2, 0.25) is 0 Å². The maximum Gasteiger partial charge on any atom is 0.256 e. The molecule has 1 fully saturated rings. The fraction of sp³-hybridized carbons (Fsp3) is 0.692.